The minimum absolute atomic E-state index is 0.145. The second-order valence-corrected chi connectivity index (χ2v) is 3.81. The van der Waals surface area contributed by atoms with Crippen LogP contribution in [0.2, 0.25) is 4.34 Å². The van der Waals surface area contributed by atoms with Crippen LogP contribution in [0.4, 0.5) is 0 Å². The third-order valence-corrected chi connectivity index (χ3v) is 2.40. The smallest absolute Gasteiger partial charge is 0.138 e. The molecule has 0 amide bonds. The Labute approximate surface area is 79.9 Å². The summed E-state index contributed by atoms with van der Waals surface area (Å²) in [5.41, 5.74) is 0.776. The lowest BCUT2D eigenvalue weighted by atomic mass is 10.4. The van der Waals surface area contributed by atoms with Gasteiger partial charge in [-0.2, -0.15) is 0 Å². The van der Waals surface area contributed by atoms with Gasteiger partial charge in [0.05, 0.1) is 6.61 Å². The molecule has 0 aromatic carbocycles. The highest BCUT2D eigenvalue weighted by Gasteiger charge is 2.07. The van der Waals surface area contributed by atoms with Crippen molar-refractivity contribution >= 4 is 23.1 Å². The number of hydrogen-bond donors (Lipinski definition) is 1. The van der Waals surface area contributed by atoms with Gasteiger partial charge in [0.2, 0.25) is 0 Å². The first-order valence-electron chi connectivity index (χ1n) is 3.50. The van der Waals surface area contributed by atoms with Crippen LogP contribution in [0.15, 0.2) is 0 Å². The molecule has 0 radical (unpaired) electrons. The average molecular weight is 208 g/mol. The lowest BCUT2D eigenvalue weighted by Gasteiger charge is -2.12. The summed E-state index contributed by atoms with van der Waals surface area (Å²) in [5, 5.41) is 12.5. The third kappa shape index (κ3) is 2.67. The molecule has 0 aliphatic heterocycles. The zero-order valence-corrected chi connectivity index (χ0v) is 8.27. The molecule has 1 aromatic heterocycles. The van der Waals surface area contributed by atoms with E-state index in [9.17, 15) is 0 Å². The first-order valence-corrected chi connectivity index (χ1v) is 4.65. The molecular weight excluding hydrogens is 198 g/mol. The molecule has 4 nitrogen and oxygen atoms in total. The highest BCUT2D eigenvalue weighted by Crippen LogP contribution is 2.17. The van der Waals surface area contributed by atoms with Crippen LogP contribution in [0.1, 0.15) is 5.69 Å². The number of halogens is 1. The van der Waals surface area contributed by atoms with Gasteiger partial charge >= 0.3 is 0 Å². The van der Waals surface area contributed by atoms with Gasteiger partial charge in [-0.1, -0.05) is 16.1 Å². The van der Waals surface area contributed by atoms with Crippen LogP contribution in [0.5, 0.6) is 0 Å². The highest BCUT2D eigenvalue weighted by molar-refractivity contribution is 7.10. The second kappa shape index (κ2) is 4.71. The molecule has 0 unspecified atom stereocenters. The van der Waals surface area contributed by atoms with Gasteiger partial charge in [0.1, 0.15) is 10.0 Å². The molecule has 0 atom stereocenters. The van der Waals surface area contributed by atoms with Crippen LogP contribution in [0.3, 0.4) is 0 Å². The van der Waals surface area contributed by atoms with Crippen molar-refractivity contribution in [1.29, 1.82) is 0 Å². The molecule has 0 aliphatic carbocycles. The van der Waals surface area contributed by atoms with Crippen molar-refractivity contribution in [1.82, 2.24) is 14.5 Å². The summed E-state index contributed by atoms with van der Waals surface area (Å²) in [7, 11) is 1.89. The summed E-state index contributed by atoms with van der Waals surface area (Å²) >= 11 is 6.97. The van der Waals surface area contributed by atoms with E-state index in [1.165, 1.54) is 11.5 Å². The first-order chi connectivity index (χ1) is 5.74. The van der Waals surface area contributed by atoms with Gasteiger partial charge in [-0.3, -0.25) is 4.90 Å². The monoisotopic (exact) mass is 207 g/mol. The van der Waals surface area contributed by atoms with Gasteiger partial charge in [0, 0.05) is 24.6 Å². The van der Waals surface area contributed by atoms with Crippen molar-refractivity contribution in [2.75, 3.05) is 20.2 Å². The van der Waals surface area contributed by atoms with Crippen LogP contribution in [-0.2, 0) is 6.54 Å². The molecule has 12 heavy (non-hydrogen) atoms. The maximum atomic E-state index is 8.63. The van der Waals surface area contributed by atoms with E-state index in [1.807, 2.05) is 11.9 Å². The fourth-order valence-electron chi connectivity index (χ4n) is 0.797. The van der Waals surface area contributed by atoms with Gasteiger partial charge in [-0.05, 0) is 7.05 Å². The summed E-state index contributed by atoms with van der Waals surface area (Å²) in [6.45, 7) is 1.40. The van der Waals surface area contributed by atoms with E-state index >= 15 is 0 Å². The molecule has 1 N–H and O–H groups in total. The lowest BCUT2D eigenvalue weighted by molar-refractivity contribution is 0.216. The van der Waals surface area contributed by atoms with Gasteiger partial charge in [0.15, 0.2) is 0 Å². The quantitative estimate of drug-likeness (QED) is 0.787. The van der Waals surface area contributed by atoms with Crippen molar-refractivity contribution in [3.8, 4) is 0 Å². The first kappa shape index (κ1) is 9.85. The fraction of sp³-hybridized carbons (Fsp3) is 0.667. The summed E-state index contributed by atoms with van der Waals surface area (Å²) in [4.78, 5) is 1.93. The van der Waals surface area contributed by atoms with Crippen molar-refractivity contribution in [2.24, 2.45) is 0 Å². The standard InChI is InChI=1S/C6H10ClN3OS/c1-10(2-3-11)4-5-6(7)12-9-8-5/h11H,2-4H2,1H3. The van der Waals surface area contributed by atoms with Crippen molar-refractivity contribution in [3.63, 3.8) is 0 Å². The SMILES string of the molecule is CN(CCO)Cc1nnsc1Cl. The Hall–Kier alpha value is -0.230. The van der Waals surface area contributed by atoms with Gasteiger partial charge < -0.3 is 5.11 Å². The molecular formula is C6H10ClN3OS. The molecule has 0 aliphatic rings. The predicted molar refractivity (Wildman–Crippen MR) is 48.3 cm³/mol. The maximum Gasteiger partial charge on any atom is 0.138 e. The zero-order valence-electron chi connectivity index (χ0n) is 6.70. The molecule has 0 saturated heterocycles. The van der Waals surface area contributed by atoms with E-state index in [2.05, 4.69) is 9.59 Å². The highest BCUT2D eigenvalue weighted by atomic mass is 35.5. The number of aliphatic hydroxyl groups excluding tert-OH is 1. The van der Waals surface area contributed by atoms with E-state index in [4.69, 9.17) is 16.7 Å². The molecule has 0 bridgehead atoms. The minimum atomic E-state index is 0.145. The van der Waals surface area contributed by atoms with E-state index in [0.29, 0.717) is 17.4 Å². The van der Waals surface area contributed by atoms with Crippen molar-refractivity contribution < 1.29 is 5.11 Å². The molecule has 0 spiro atoms. The summed E-state index contributed by atoms with van der Waals surface area (Å²) in [6, 6.07) is 0. The Bertz CT molecular complexity index is 242. The normalized spacial score (nSPS) is 11.0. The summed E-state index contributed by atoms with van der Waals surface area (Å²) < 4.78 is 4.33. The average Bonchev–Trinajstić information content (AvgIpc) is 2.37. The molecule has 68 valence electrons. The number of likely N-dealkylation sites (N-methyl/N-ethyl adjacent to an activating group) is 1. The van der Waals surface area contributed by atoms with Crippen LogP contribution < -0.4 is 0 Å². The van der Waals surface area contributed by atoms with Crippen molar-refractivity contribution in [3.05, 3.63) is 10.0 Å². The van der Waals surface area contributed by atoms with E-state index in [-0.39, 0.29) is 6.61 Å². The number of nitrogens with zero attached hydrogens (tertiary/aromatic N) is 3. The largest absolute Gasteiger partial charge is 0.395 e. The van der Waals surface area contributed by atoms with Crippen LogP contribution in [0.25, 0.3) is 0 Å². The van der Waals surface area contributed by atoms with Crippen LogP contribution in [0, 0.1) is 0 Å². The second-order valence-electron chi connectivity index (χ2n) is 2.45. The molecule has 1 aromatic rings. The number of aromatic nitrogens is 2. The molecule has 0 fully saturated rings. The molecule has 6 heteroatoms. The van der Waals surface area contributed by atoms with Crippen LogP contribution >= 0.6 is 23.1 Å². The van der Waals surface area contributed by atoms with Gasteiger partial charge in [-0.15, -0.1) is 5.10 Å². The Morgan fingerprint density at radius 1 is 1.67 bits per heavy atom. The number of aliphatic hydroxyl groups is 1. The predicted octanol–water partition coefficient (Wildman–Crippen LogP) is 0.616. The van der Waals surface area contributed by atoms with E-state index in [0.717, 1.165) is 5.69 Å². The Balaban J connectivity index is 2.46. The molecule has 1 rings (SSSR count). The lowest BCUT2D eigenvalue weighted by Crippen LogP contribution is -2.21. The zero-order chi connectivity index (χ0) is 8.97. The van der Waals surface area contributed by atoms with Crippen molar-refractivity contribution in [2.45, 2.75) is 6.54 Å². The van der Waals surface area contributed by atoms with Crippen LogP contribution in [-0.4, -0.2) is 39.8 Å². The Morgan fingerprint density at radius 2 is 2.42 bits per heavy atom. The van der Waals surface area contributed by atoms with Gasteiger partial charge in [-0.25, -0.2) is 0 Å². The fourth-order valence-corrected chi connectivity index (χ4v) is 1.41. The Kier molecular flexibility index (Phi) is 3.87. The maximum absolute atomic E-state index is 8.63. The minimum Gasteiger partial charge on any atom is -0.395 e. The Morgan fingerprint density at radius 3 is 2.92 bits per heavy atom. The summed E-state index contributed by atoms with van der Waals surface area (Å²) in [6.07, 6.45) is 0. The third-order valence-electron chi connectivity index (χ3n) is 1.41. The van der Waals surface area contributed by atoms with Gasteiger partial charge in [0.25, 0.3) is 0 Å². The van der Waals surface area contributed by atoms with E-state index in [1.54, 1.807) is 0 Å². The molecule has 0 saturated carbocycles. The number of hydrogen-bond acceptors (Lipinski definition) is 5. The number of rotatable bonds is 4. The van der Waals surface area contributed by atoms with E-state index < -0.39 is 0 Å². The topological polar surface area (TPSA) is 49.2 Å². The summed E-state index contributed by atoms with van der Waals surface area (Å²) in [5.74, 6) is 0. The molecule has 1 heterocycles.